The summed E-state index contributed by atoms with van der Waals surface area (Å²) in [5.41, 5.74) is 2.53. The molecular weight excluding hydrogens is 457 g/mol. The highest BCUT2D eigenvalue weighted by molar-refractivity contribution is 6.32. The van der Waals surface area contributed by atoms with E-state index in [0.29, 0.717) is 37.1 Å². The van der Waals surface area contributed by atoms with Gasteiger partial charge >= 0.3 is 6.18 Å². The van der Waals surface area contributed by atoms with Gasteiger partial charge in [-0.25, -0.2) is 4.98 Å². The summed E-state index contributed by atoms with van der Waals surface area (Å²) in [6, 6.07) is 9.16. The minimum Gasteiger partial charge on any atom is -0.378 e. The summed E-state index contributed by atoms with van der Waals surface area (Å²) in [4.78, 5) is 22.3. The van der Waals surface area contributed by atoms with Crippen molar-refractivity contribution in [1.82, 2.24) is 9.97 Å². The number of hydrogen-bond donors (Lipinski definition) is 1. The zero-order valence-electron chi connectivity index (χ0n) is 17.6. The maximum atomic E-state index is 12.9. The predicted octanol–water partition coefficient (Wildman–Crippen LogP) is 5.21. The van der Waals surface area contributed by atoms with E-state index in [1.54, 1.807) is 18.3 Å². The largest absolute Gasteiger partial charge is 0.433 e. The highest BCUT2D eigenvalue weighted by Crippen LogP contribution is 2.33. The summed E-state index contributed by atoms with van der Waals surface area (Å²) in [5, 5.41) is 3.05. The number of amides is 1. The number of nitrogens with one attached hydrogen (secondary N) is 1. The van der Waals surface area contributed by atoms with Crippen LogP contribution in [0.1, 0.15) is 21.6 Å². The van der Waals surface area contributed by atoms with E-state index >= 15 is 0 Å². The van der Waals surface area contributed by atoms with Crippen molar-refractivity contribution < 1.29 is 22.7 Å². The highest BCUT2D eigenvalue weighted by Gasteiger charge is 2.33. The van der Waals surface area contributed by atoms with Gasteiger partial charge in [0.1, 0.15) is 5.69 Å². The molecule has 2 aromatic heterocycles. The molecule has 0 radical (unpaired) electrons. The maximum absolute atomic E-state index is 12.9. The second kappa shape index (κ2) is 9.36. The van der Waals surface area contributed by atoms with Crippen molar-refractivity contribution >= 4 is 28.9 Å². The van der Waals surface area contributed by atoms with E-state index < -0.39 is 17.8 Å². The molecule has 0 bridgehead atoms. The Morgan fingerprint density at radius 1 is 1.12 bits per heavy atom. The fourth-order valence-corrected chi connectivity index (χ4v) is 3.77. The van der Waals surface area contributed by atoms with Gasteiger partial charge in [0.05, 0.1) is 18.9 Å². The van der Waals surface area contributed by atoms with Crippen LogP contribution in [0.15, 0.2) is 48.8 Å². The normalized spacial score (nSPS) is 14.3. The molecule has 172 valence electrons. The Hall–Kier alpha value is -3.17. The number of anilines is 2. The monoisotopic (exact) mass is 476 g/mol. The summed E-state index contributed by atoms with van der Waals surface area (Å²) < 4.78 is 44.2. The van der Waals surface area contributed by atoms with Gasteiger partial charge in [-0.2, -0.15) is 13.2 Å². The molecule has 1 N–H and O–H groups in total. The van der Waals surface area contributed by atoms with Crippen LogP contribution in [-0.4, -0.2) is 42.2 Å². The molecule has 1 aliphatic rings. The predicted molar refractivity (Wildman–Crippen MR) is 120 cm³/mol. The van der Waals surface area contributed by atoms with Gasteiger partial charge in [-0.3, -0.25) is 9.78 Å². The van der Waals surface area contributed by atoms with Crippen molar-refractivity contribution in [2.75, 3.05) is 36.5 Å². The van der Waals surface area contributed by atoms with Crippen LogP contribution in [0, 0.1) is 6.92 Å². The van der Waals surface area contributed by atoms with Gasteiger partial charge in [0.25, 0.3) is 5.91 Å². The number of carbonyl (C=O) groups excluding carboxylic acids is 1. The third-order valence-corrected chi connectivity index (χ3v) is 5.58. The molecule has 0 aliphatic carbocycles. The molecule has 0 spiro atoms. The minimum atomic E-state index is -4.63. The molecule has 1 aromatic carbocycles. The first-order valence-corrected chi connectivity index (χ1v) is 10.5. The number of morpholine rings is 1. The third-order valence-electron chi connectivity index (χ3n) is 5.29. The molecule has 1 aliphatic heterocycles. The van der Waals surface area contributed by atoms with E-state index in [1.165, 1.54) is 6.07 Å². The summed E-state index contributed by atoms with van der Waals surface area (Å²) in [6.45, 7) is 4.53. The average molecular weight is 477 g/mol. The van der Waals surface area contributed by atoms with Crippen molar-refractivity contribution in [3.8, 4) is 11.1 Å². The second-order valence-electron chi connectivity index (χ2n) is 7.54. The molecule has 0 unspecified atom stereocenters. The molecule has 3 aromatic rings. The fraction of sp³-hybridized carbons (Fsp3) is 0.261. The van der Waals surface area contributed by atoms with Crippen LogP contribution < -0.4 is 10.2 Å². The molecular formula is C23H20ClF3N4O2. The Kier molecular flexibility index (Phi) is 6.53. The van der Waals surface area contributed by atoms with Crippen molar-refractivity contribution in [3.63, 3.8) is 0 Å². The Bertz CT molecular complexity index is 1180. The number of alkyl halides is 3. The number of benzene rings is 1. The standard InChI is InChI=1S/C23H20ClF3N4O2/c1-14-2-3-17(30-22(32)15-4-5-28-20(11-15)23(25,26)27)12-18(14)16-10-19(21(24)29-13-16)31-6-8-33-9-7-31/h2-5,10-13H,6-9H2,1H3,(H,30,32). The lowest BCUT2D eigenvalue weighted by Crippen LogP contribution is -2.36. The molecule has 1 fully saturated rings. The van der Waals surface area contributed by atoms with Crippen molar-refractivity contribution in [3.05, 3.63) is 70.8 Å². The number of aryl methyl sites for hydroxylation is 1. The van der Waals surface area contributed by atoms with Gasteiger partial charge in [0.2, 0.25) is 0 Å². The van der Waals surface area contributed by atoms with Crippen LogP contribution in [-0.2, 0) is 10.9 Å². The number of hydrogen-bond acceptors (Lipinski definition) is 5. The van der Waals surface area contributed by atoms with E-state index in [-0.39, 0.29) is 5.56 Å². The van der Waals surface area contributed by atoms with Gasteiger partial charge in [-0.05, 0) is 48.4 Å². The van der Waals surface area contributed by atoms with Crippen LogP contribution in [0.5, 0.6) is 0 Å². The Balaban J connectivity index is 1.61. The SMILES string of the molecule is Cc1ccc(NC(=O)c2ccnc(C(F)(F)F)c2)cc1-c1cnc(Cl)c(N2CCOCC2)c1. The van der Waals surface area contributed by atoms with Gasteiger partial charge in [0, 0.05) is 42.3 Å². The Morgan fingerprint density at radius 2 is 1.88 bits per heavy atom. The number of rotatable bonds is 4. The van der Waals surface area contributed by atoms with Crippen LogP contribution in [0.3, 0.4) is 0 Å². The van der Waals surface area contributed by atoms with Gasteiger partial charge in [0.15, 0.2) is 5.15 Å². The lowest BCUT2D eigenvalue weighted by molar-refractivity contribution is -0.141. The first-order valence-electron chi connectivity index (χ1n) is 10.2. The summed E-state index contributed by atoms with van der Waals surface area (Å²) >= 11 is 6.33. The van der Waals surface area contributed by atoms with Crippen molar-refractivity contribution in [2.45, 2.75) is 13.1 Å². The summed E-state index contributed by atoms with van der Waals surface area (Å²) in [5.74, 6) is -0.666. The van der Waals surface area contributed by atoms with E-state index in [2.05, 4.69) is 20.2 Å². The third kappa shape index (κ3) is 5.26. The van der Waals surface area contributed by atoms with Crippen LogP contribution >= 0.6 is 11.6 Å². The molecule has 0 atom stereocenters. The second-order valence-corrected chi connectivity index (χ2v) is 7.90. The lowest BCUT2D eigenvalue weighted by atomic mass is 10.0. The molecule has 1 amide bonds. The molecule has 3 heterocycles. The highest BCUT2D eigenvalue weighted by atomic mass is 35.5. The van der Waals surface area contributed by atoms with Gasteiger partial charge in [-0.15, -0.1) is 0 Å². The smallest absolute Gasteiger partial charge is 0.378 e. The van der Waals surface area contributed by atoms with Gasteiger partial charge < -0.3 is 15.0 Å². The summed E-state index contributed by atoms with van der Waals surface area (Å²) in [6.07, 6.45) is -2.02. The quantitative estimate of drug-likeness (QED) is 0.523. The van der Waals surface area contributed by atoms with Crippen molar-refractivity contribution in [1.29, 1.82) is 0 Å². The van der Waals surface area contributed by atoms with Gasteiger partial charge in [-0.1, -0.05) is 17.7 Å². The number of aromatic nitrogens is 2. The van der Waals surface area contributed by atoms with Crippen LogP contribution in [0.2, 0.25) is 5.15 Å². The van der Waals surface area contributed by atoms with Crippen LogP contribution in [0.25, 0.3) is 11.1 Å². The zero-order valence-corrected chi connectivity index (χ0v) is 18.4. The topological polar surface area (TPSA) is 67.4 Å². The Morgan fingerprint density at radius 3 is 2.61 bits per heavy atom. The molecule has 0 saturated carbocycles. The average Bonchev–Trinajstić information content (AvgIpc) is 2.81. The lowest BCUT2D eigenvalue weighted by Gasteiger charge is -2.29. The van der Waals surface area contributed by atoms with E-state index in [1.807, 2.05) is 19.1 Å². The number of halogens is 4. The number of nitrogens with zero attached hydrogens (tertiary/aromatic N) is 3. The number of pyridine rings is 2. The van der Waals surface area contributed by atoms with Crippen molar-refractivity contribution in [2.24, 2.45) is 0 Å². The van der Waals surface area contributed by atoms with E-state index in [4.69, 9.17) is 16.3 Å². The zero-order chi connectivity index (χ0) is 23.6. The number of carbonyl (C=O) groups is 1. The molecule has 6 nitrogen and oxygen atoms in total. The van der Waals surface area contributed by atoms with Crippen LogP contribution in [0.4, 0.5) is 24.5 Å². The van der Waals surface area contributed by atoms with E-state index in [0.717, 1.165) is 34.6 Å². The first kappa shape index (κ1) is 23.0. The fourth-order valence-electron chi connectivity index (χ4n) is 3.55. The summed E-state index contributed by atoms with van der Waals surface area (Å²) in [7, 11) is 0. The molecule has 4 rings (SSSR count). The molecule has 1 saturated heterocycles. The van der Waals surface area contributed by atoms with E-state index in [9.17, 15) is 18.0 Å². The minimum absolute atomic E-state index is 0.137. The first-order chi connectivity index (χ1) is 15.7. The molecule has 33 heavy (non-hydrogen) atoms. The molecule has 10 heteroatoms. The number of ether oxygens (including phenoxy) is 1. The maximum Gasteiger partial charge on any atom is 0.433 e. The Labute approximate surface area is 193 Å².